The molecule has 1 aromatic carbocycles. The third kappa shape index (κ3) is 4.90. The molecule has 26 heavy (non-hydrogen) atoms. The van der Waals surface area contributed by atoms with Crippen molar-refractivity contribution in [1.29, 1.82) is 0 Å². The van der Waals surface area contributed by atoms with E-state index in [0.29, 0.717) is 17.1 Å². The van der Waals surface area contributed by atoms with E-state index in [0.717, 1.165) is 5.01 Å². The zero-order valence-corrected chi connectivity index (χ0v) is 13.8. The highest BCUT2D eigenvalue weighted by atomic mass is 16.6. The first-order chi connectivity index (χ1) is 12.4. The predicted molar refractivity (Wildman–Crippen MR) is 91.3 cm³/mol. The number of esters is 1. The van der Waals surface area contributed by atoms with Gasteiger partial charge in [-0.1, -0.05) is 0 Å². The fourth-order valence-corrected chi connectivity index (χ4v) is 1.96. The normalized spacial score (nSPS) is 10.7. The number of primary amides is 1. The van der Waals surface area contributed by atoms with Gasteiger partial charge in [0.05, 0.1) is 17.7 Å². The number of hydrogen-bond donors (Lipinski definition) is 1. The van der Waals surface area contributed by atoms with Gasteiger partial charge < -0.3 is 14.9 Å². The average Bonchev–Trinajstić information content (AvgIpc) is 3.07. The van der Waals surface area contributed by atoms with Gasteiger partial charge in [0, 0.05) is 17.7 Å². The number of carbonyl (C=O) groups excluding carboxylic acids is 2. The highest BCUT2D eigenvalue weighted by Crippen LogP contribution is 2.24. The monoisotopic (exact) mass is 360 g/mol. The Morgan fingerprint density at radius 2 is 2.00 bits per heavy atom. The van der Waals surface area contributed by atoms with Gasteiger partial charge in [-0.15, -0.1) is 0 Å². The molecule has 2 rings (SSSR count). The van der Waals surface area contributed by atoms with E-state index in [1.54, 1.807) is 31.2 Å². The Morgan fingerprint density at radius 1 is 1.31 bits per heavy atom. The Labute approximate surface area is 148 Å². The molecule has 1 aromatic heterocycles. The van der Waals surface area contributed by atoms with Crippen molar-refractivity contribution in [3.8, 4) is 11.3 Å². The molecule has 0 aliphatic heterocycles. The molecule has 10 nitrogen and oxygen atoms in total. The van der Waals surface area contributed by atoms with E-state index >= 15 is 0 Å². The number of non-ortho nitro benzene ring substituents is 1. The van der Waals surface area contributed by atoms with Crippen LogP contribution in [0.4, 0.5) is 10.5 Å². The molecule has 2 aromatic rings. The average molecular weight is 360 g/mol. The summed E-state index contributed by atoms with van der Waals surface area (Å²) in [7, 11) is 0. The van der Waals surface area contributed by atoms with Crippen LogP contribution in [0.5, 0.6) is 0 Å². The van der Waals surface area contributed by atoms with Crippen molar-refractivity contribution in [1.82, 2.24) is 5.01 Å². The number of furan rings is 1. The topological polar surface area (TPSA) is 141 Å². The maximum absolute atomic E-state index is 11.4. The van der Waals surface area contributed by atoms with Crippen LogP contribution in [0.2, 0.25) is 0 Å². The number of benzene rings is 1. The Kier molecular flexibility index (Phi) is 6.04. The number of nitro groups is 1. The summed E-state index contributed by atoms with van der Waals surface area (Å²) in [5.74, 6) is 0.111. The molecule has 0 radical (unpaired) electrons. The first-order valence-electron chi connectivity index (χ1n) is 7.52. The number of urea groups is 1. The number of ether oxygens (including phenoxy) is 1. The lowest BCUT2D eigenvalue weighted by molar-refractivity contribution is -0.384. The number of nitro benzene ring substituents is 1. The Hall–Kier alpha value is -3.69. The van der Waals surface area contributed by atoms with Crippen molar-refractivity contribution in [2.24, 2.45) is 10.8 Å². The molecule has 0 unspecified atom stereocenters. The van der Waals surface area contributed by atoms with Crippen molar-refractivity contribution in [2.45, 2.75) is 6.92 Å². The predicted octanol–water partition coefficient (Wildman–Crippen LogP) is 2.13. The standard InChI is InChI=1S/C16H16N4O6/c1-2-25-15(21)10-19(16(17)22)18-9-13-7-8-14(26-13)11-3-5-12(6-4-11)20(23)24/h3-9H,2,10H2,1H3,(H2,17,22)/b18-9+. The van der Waals surface area contributed by atoms with Crippen LogP contribution in [-0.2, 0) is 9.53 Å². The van der Waals surface area contributed by atoms with E-state index in [-0.39, 0.29) is 12.3 Å². The summed E-state index contributed by atoms with van der Waals surface area (Å²) < 4.78 is 10.3. The number of amides is 2. The van der Waals surface area contributed by atoms with E-state index in [1.165, 1.54) is 18.3 Å². The number of hydrazone groups is 1. The highest BCUT2D eigenvalue weighted by Gasteiger charge is 2.14. The number of hydrogen-bond acceptors (Lipinski definition) is 7. The largest absolute Gasteiger partial charge is 0.465 e. The van der Waals surface area contributed by atoms with Crippen LogP contribution in [0.25, 0.3) is 11.3 Å². The number of carbonyl (C=O) groups is 2. The van der Waals surface area contributed by atoms with Gasteiger partial charge >= 0.3 is 12.0 Å². The van der Waals surface area contributed by atoms with Crippen LogP contribution in [0.1, 0.15) is 12.7 Å². The van der Waals surface area contributed by atoms with E-state index in [4.69, 9.17) is 14.9 Å². The molecule has 2 amide bonds. The Balaban J connectivity index is 2.10. The van der Waals surface area contributed by atoms with Gasteiger partial charge in [0.25, 0.3) is 5.69 Å². The zero-order valence-electron chi connectivity index (χ0n) is 13.8. The summed E-state index contributed by atoms with van der Waals surface area (Å²) in [6.45, 7) is 1.39. The van der Waals surface area contributed by atoms with E-state index < -0.39 is 23.5 Å². The van der Waals surface area contributed by atoms with Crippen molar-refractivity contribution in [3.05, 3.63) is 52.3 Å². The molecule has 1 heterocycles. The molecular weight excluding hydrogens is 344 g/mol. The van der Waals surface area contributed by atoms with Gasteiger partial charge in [-0.05, 0) is 31.2 Å². The molecule has 136 valence electrons. The van der Waals surface area contributed by atoms with Gasteiger partial charge in [-0.25, -0.2) is 9.80 Å². The summed E-state index contributed by atoms with van der Waals surface area (Å²) in [5, 5.41) is 15.2. The molecule has 0 fully saturated rings. The van der Waals surface area contributed by atoms with Crippen molar-refractivity contribution >= 4 is 23.9 Å². The molecule has 2 N–H and O–H groups in total. The lowest BCUT2D eigenvalue weighted by atomic mass is 10.1. The minimum absolute atomic E-state index is 0.0295. The van der Waals surface area contributed by atoms with Gasteiger partial charge in [0.15, 0.2) is 0 Å². The molecule has 10 heteroatoms. The van der Waals surface area contributed by atoms with Crippen LogP contribution >= 0.6 is 0 Å². The molecule has 0 atom stereocenters. The number of nitrogens with two attached hydrogens (primary N) is 1. The molecule has 0 saturated carbocycles. The van der Waals surface area contributed by atoms with Crippen LogP contribution in [-0.4, -0.2) is 41.3 Å². The number of rotatable bonds is 7. The fourth-order valence-electron chi connectivity index (χ4n) is 1.96. The Morgan fingerprint density at radius 3 is 2.58 bits per heavy atom. The third-order valence-corrected chi connectivity index (χ3v) is 3.15. The minimum Gasteiger partial charge on any atom is -0.465 e. The molecule has 0 spiro atoms. The second-order valence-electron chi connectivity index (χ2n) is 4.95. The first-order valence-corrected chi connectivity index (χ1v) is 7.52. The number of nitrogens with zero attached hydrogens (tertiary/aromatic N) is 3. The molecule has 0 saturated heterocycles. The van der Waals surface area contributed by atoms with E-state index in [2.05, 4.69) is 5.10 Å². The Bertz CT molecular complexity index is 828. The quantitative estimate of drug-likeness (QED) is 0.347. The van der Waals surface area contributed by atoms with E-state index in [1.807, 2.05) is 0 Å². The fraction of sp³-hybridized carbons (Fsp3) is 0.188. The molecular formula is C16H16N4O6. The van der Waals surface area contributed by atoms with Crippen molar-refractivity contribution < 1.29 is 23.7 Å². The third-order valence-electron chi connectivity index (χ3n) is 3.15. The second kappa shape index (κ2) is 8.42. The van der Waals surface area contributed by atoms with Gasteiger partial charge in [-0.2, -0.15) is 5.10 Å². The smallest absolute Gasteiger partial charge is 0.335 e. The van der Waals surface area contributed by atoms with Crippen LogP contribution < -0.4 is 5.73 Å². The van der Waals surface area contributed by atoms with Gasteiger partial charge in [-0.3, -0.25) is 14.9 Å². The van der Waals surface area contributed by atoms with Crippen LogP contribution in [0.3, 0.4) is 0 Å². The maximum atomic E-state index is 11.4. The second-order valence-corrected chi connectivity index (χ2v) is 4.95. The summed E-state index contributed by atoms with van der Waals surface area (Å²) >= 11 is 0. The minimum atomic E-state index is -0.920. The SMILES string of the molecule is CCOC(=O)CN(/N=C/c1ccc(-c2ccc([N+](=O)[O-])cc2)o1)C(N)=O. The summed E-state index contributed by atoms with van der Waals surface area (Å²) in [6.07, 6.45) is 1.22. The highest BCUT2D eigenvalue weighted by molar-refractivity contribution is 5.83. The van der Waals surface area contributed by atoms with Gasteiger partial charge in [0.1, 0.15) is 18.1 Å². The van der Waals surface area contributed by atoms with E-state index in [9.17, 15) is 19.7 Å². The summed E-state index contributed by atoms with van der Waals surface area (Å²) in [5.41, 5.74) is 5.76. The molecule has 0 aliphatic carbocycles. The van der Waals surface area contributed by atoms with Crippen molar-refractivity contribution in [2.75, 3.05) is 13.2 Å². The summed E-state index contributed by atoms with van der Waals surface area (Å²) in [4.78, 5) is 32.9. The lowest BCUT2D eigenvalue weighted by Crippen LogP contribution is -2.36. The molecule has 0 aliphatic rings. The van der Waals surface area contributed by atoms with Crippen LogP contribution in [0, 0.1) is 10.1 Å². The first kappa shape index (κ1) is 18.6. The van der Waals surface area contributed by atoms with Crippen molar-refractivity contribution in [3.63, 3.8) is 0 Å². The molecule has 0 bridgehead atoms. The zero-order chi connectivity index (χ0) is 19.1. The maximum Gasteiger partial charge on any atom is 0.335 e. The van der Waals surface area contributed by atoms with Crippen LogP contribution in [0.15, 0.2) is 45.9 Å². The lowest BCUT2D eigenvalue weighted by Gasteiger charge is -2.12. The van der Waals surface area contributed by atoms with Gasteiger partial charge in [0.2, 0.25) is 0 Å². The summed E-state index contributed by atoms with van der Waals surface area (Å²) in [6, 6.07) is 8.13.